The van der Waals surface area contributed by atoms with Crippen molar-refractivity contribution in [2.24, 2.45) is 11.8 Å². The minimum absolute atomic E-state index is 0.0918. The number of hydrogen-bond acceptors (Lipinski definition) is 7. The third kappa shape index (κ3) is 8.38. The van der Waals surface area contributed by atoms with E-state index in [1.807, 2.05) is 0 Å². The zero-order valence-electron chi connectivity index (χ0n) is 30.1. The van der Waals surface area contributed by atoms with E-state index < -0.39 is 93.0 Å². The van der Waals surface area contributed by atoms with Gasteiger partial charge in [-0.3, -0.25) is 4.55 Å². The van der Waals surface area contributed by atoms with Gasteiger partial charge in [-0.25, -0.2) is 17.6 Å². The lowest BCUT2D eigenvalue weighted by Gasteiger charge is -2.44. The number of benzene rings is 3. The topological polar surface area (TPSA) is 101 Å². The van der Waals surface area contributed by atoms with Crippen LogP contribution in [0.15, 0.2) is 87.5 Å². The van der Waals surface area contributed by atoms with Crippen molar-refractivity contribution in [3.8, 4) is 5.75 Å². The largest absolute Gasteiger partial charge is 0.483 e. The molecular formula is C37H43F6O8S2+. The first-order valence-corrected chi connectivity index (χ1v) is 19.5. The number of rotatable bonds is 11. The van der Waals surface area contributed by atoms with Crippen LogP contribution in [-0.2, 0) is 51.5 Å². The van der Waals surface area contributed by atoms with E-state index >= 15 is 0 Å². The first-order valence-electron chi connectivity index (χ1n) is 16.9. The van der Waals surface area contributed by atoms with E-state index in [9.17, 15) is 34.8 Å². The van der Waals surface area contributed by atoms with Crippen LogP contribution in [0.3, 0.4) is 0 Å². The molecule has 292 valence electrons. The maximum absolute atomic E-state index is 14.6. The molecule has 16 heteroatoms. The molecule has 0 bridgehead atoms. The first-order chi connectivity index (χ1) is 24.4. The van der Waals surface area contributed by atoms with Crippen molar-refractivity contribution in [2.75, 3.05) is 13.2 Å². The Kier molecular flexibility index (Phi) is 11.4. The molecule has 2 saturated heterocycles. The van der Waals surface area contributed by atoms with Crippen molar-refractivity contribution >= 4 is 21.0 Å². The SMILES string of the molecule is CC(C)C1OC(C)(c2ccc([S+](c3ccc(OC(C)C(F)(F)S(=O)(=O)O)cc3)c3ccc(C4(C)OCC(F)(F)C(C(C)C)O4)cc3)cc2)OCC1(F)F. The van der Waals surface area contributed by atoms with Gasteiger partial charge in [0.05, 0.1) is 10.9 Å². The maximum Gasteiger partial charge on any atom is 0.405 e. The molecule has 0 aliphatic carbocycles. The normalized spacial score (nSPS) is 27.4. The molecule has 0 spiro atoms. The van der Waals surface area contributed by atoms with E-state index in [1.165, 1.54) is 12.1 Å². The van der Waals surface area contributed by atoms with Gasteiger partial charge in [0, 0.05) is 11.1 Å². The second kappa shape index (κ2) is 14.7. The van der Waals surface area contributed by atoms with Gasteiger partial charge in [-0.15, -0.1) is 0 Å². The summed E-state index contributed by atoms with van der Waals surface area (Å²) in [5.74, 6) is -10.4. The summed E-state index contributed by atoms with van der Waals surface area (Å²) < 4.78 is 146. The van der Waals surface area contributed by atoms with Crippen molar-refractivity contribution in [3.05, 3.63) is 83.9 Å². The molecular weight excluding hydrogens is 751 g/mol. The fourth-order valence-corrected chi connectivity index (χ4v) is 8.75. The summed E-state index contributed by atoms with van der Waals surface area (Å²) in [6, 6.07) is 19.9. The Morgan fingerprint density at radius 2 is 1.04 bits per heavy atom. The summed E-state index contributed by atoms with van der Waals surface area (Å²) in [5, 5.41) is -4.57. The highest BCUT2D eigenvalue weighted by molar-refractivity contribution is 7.97. The van der Waals surface area contributed by atoms with Crippen LogP contribution in [0.1, 0.15) is 59.6 Å². The highest BCUT2D eigenvalue weighted by atomic mass is 32.2. The van der Waals surface area contributed by atoms with Crippen molar-refractivity contribution in [1.29, 1.82) is 0 Å². The summed E-state index contributed by atoms with van der Waals surface area (Å²) in [4.78, 5) is 2.14. The smallest absolute Gasteiger partial charge is 0.405 e. The predicted molar refractivity (Wildman–Crippen MR) is 184 cm³/mol. The quantitative estimate of drug-likeness (QED) is 0.117. The third-order valence-electron chi connectivity index (χ3n) is 9.25. The summed E-state index contributed by atoms with van der Waals surface area (Å²) in [6.07, 6.45) is -4.98. The molecule has 8 nitrogen and oxygen atoms in total. The van der Waals surface area contributed by atoms with Gasteiger partial charge >= 0.3 is 15.4 Å². The lowest BCUT2D eigenvalue weighted by atomic mass is 9.97. The van der Waals surface area contributed by atoms with Crippen LogP contribution in [0, 0.1) is 11.8 Å². The zero-order chi connectivity index (χ0) is 39.4. The minimum atomic E-state index is -5.74. The van der Waals surface area contributed by atoms with Crippen LogP contribution in [0.2, 0.25) is 0 Å². The van der Waals surface area contributed by atoms with Crippen molar-refractivity contribution in [2.45, 2.75) is 110 Å². The Bertz CT molecular complexity index is 1750. The Morgan fingerprint density at radius 1 is 0.698 bits per heavy atom. The summed E-state index contributed by atoms with van der Waals surface area (Å²) in [7, 11) is -6.66. The van der Waals surface area contributed by atoms with E-state index in [-0.39, 0.29) is 5.75 Å². The second-order valence-corrected chi connectivity index (χ2v) is 17.7. The lowest BCUT2D eigenvalue weighted by molar-refractivity contribution is -0.368. The molecule has 5 atom stereocenters. The Morgan fingerprint density at radius 3 is 1.36 bits per heavy atom. The van der Waals surface area contributed by atoms with Gasteiger partial charge < -0.3 is 23.7 Å². The molecule has 0 radical (unpaired) electrons. The highest BCUT2D eigenvalue weighted by Crippen LogP contribution is 2.44. The van der Waals surface area contributed by atoms with Crippen molar-refractivity contribution in [3.63, 3.8) is 0 Å². The Balaban J connectivity index is 1.49. The molecule has 2 aliphatic heterocycles. The number of alkyl halides is 6. The van der Waals surface area contributed by atoms with Crippen LogP contribution in [0.5, 0.6) is 5.75 Å². The van der Waals surface area contributed by atoms with Crippen LogP contribution in [0.25, 0.3) is 0 Å². The maximum atomic E-state index is 14.6. The highest BCUT2D eigenvalue weighted by Gasteiger charge is 2.54. The lowest BCUT2D eigenvalue weighted by Crippen LogP contribution is -2.54. The van der Waals surface area contributed by atoms with Crippen molar-refractivity contribution in [1.82, 2.24) is 0 Å². The molecule has 5 unspecified atom stereocenters. The van der Waals surface area contributed by atoms with E-state index in [1.54, 1.807) is 102 Å². The minimum Gasteiger partial charge on any atom is -0.483 e. The molecule has 2 aliphatic rings. The van der Waals surface area contributed by atoms with Gasteiger partial charge in [0.15, 0.2) is 32.4 Å². The molecule has 0 aromatic heterocycles. The fraction of sp³-hybridized carbons (Fsp3) is 0.514. The summed E-state index contributed by atoms with van der Waals surface area (Å²) >= 11 is 0. The van der Waals surface area contributed by atoms with E-state index in [0.29, 0.717) is 16.0 Å². The summed E-state index contributed by atoms with van der Waals surface area (Å²) in [5.41, 5.74) is 0.990. The molecule has 2 heterocycles. The Labute approximate surface area is 308 Å². The predicted octanol–water partition coefficient (Wildman–Crippen LogP) is 8.79. The van der Waals surface area contributed by atoms with Gasteiger partial charge in [-0.2, -0.15) is 17.2 Å². The van der Waals surface area contributed by atoms with E-state index in [0.717, 1.165) is 16.7 Å². The van der Waals surface area contributed by atoms with E-state index in [4.69, 9.17) is 28.2 Å². The van der Waals surface area contributed by atoms with Gasteiger partial charge in [-0.05, 0) is 105 Å². The van der Waals surface area contributed by atoms with Gasteiger partial charge in [-0.1, -0.05) is 27.7 Å². The zero-order valence-corrected chi connectivity index (χ0v) is 31.8. The van der Waals surface area contributed by atoms with Gasteiger partial charge in [0.25, 0.3) is 11.8 Å². The van der Waals surface area contributed by atoms with E-state index in [2.05, 4.69) is 0 Å². The molecule has 53 heavy (non-hydrogen) atoms. The summed E-state index contributed by atoms with van der Waals surface area (Å²) in [6.45, 7) is 8.89. The molecule has 3 aromatic carbocycles. The number of halogens is 6. The van der Waals surface area contributed by atoms with Crippen molar-refractivity contribution < 1.29 is 63.0 Å². The molecule has 2 fully saturated rings. The van der Waals surface area contributed by atoms with Crippen LogP contribution >= 0.6 is 0 Å². The molecule has 5 rings (SSSR count). The number of ether oxygens (including phenoxy) is 5. The standard InChI is InChI=1S/C37H42F6O8S2/c1-22(2)31-35(38,39)20-47-33(6,50-31)25-8-14-28(15-9-25)52(30-18-12-27(13-19-30)49-24(5)37(42,43)53(44,45)46)29-16-10-26(11-17-29)34(7)48-21-36(40,41)32(51-34)23(3)4/h8-19,22-24,31-32H,20-21H2,1-7H3/p+1. The molecule has 0 amide bonds. The first kappa shape index (κ1) is 41.3. The second-order valence-electron chi connectivity index (χ2n) is 14.2. The third-order valence-corrected chi connectivity index (χ3v) is 12.5. The average Bonchev–Trinajstić information content (AvgIpc) is 3.08. The average molecular weight is 794 g/mol. The van der Waals surface area contributed by atoms with Gasteiger partial charge in [0.2, 0.25) is 0 Å². The van der Waals surface area contributed by atoms with Crippen LogP contribution in [0.4, 0.5) is 26.3 Å². The monoisotopic (exact) mass is 793 g/mol. The Hall–Kier alpha value is -2.86. The molecule has 1 N–H and O–H groups in total. The fourth-order valence-electron chi connectivity index (χ4n) is 6.24. The van der Waals surface area contributed by atoms with Crippen LogP contribution < -0.4 is 4.74 Å². The van der Waals surface area contributed by atoms with Crippen LogP contribution in [-0.4, -0.2) is 61.6 Å². The molecule has 3 aromatic rings. The van der Waals surface area contributed by atoms with Gasteiger partial charge in [0.1, 0.15) is 31.2 Å². The number of hydrogen-bond donors (Lipinski definition) is 1. The molecule has 0 saturated carbocycles.